The van der Waals surface area contributed by atoms with Crippen LogP contribution in [0.15, 0.2) is 91.1 Å². The average Bonchev–Trinajstić information content (AvgIpc) is 3.17. The van der Waals surface area contributed by atoms with Gasteiger partial charge in [0, 0.05) is 18.3 Å². The molecule has 0 fully saturated rings. The largest absolute Gasteiger partial charge is 0.586 e. The van der Waals surface area contributed by atoms with Gasteiger partial charge in [-0.1, -0.05) is 60.1 Å². The molecule has 0 saturated heterocycles. The number of fused-ring (bicyclic) bond motifs is 1. The second-order valence-electron chi connectivity index (χ2n) is 8.71. The Morgan fingerprint density at radius 3 is 2.49 bits per heavy atom. The molecule has 0 saturated carbocycles. The molecule has 1 aromatic heterocycles. The van der Waals surface area contributed by atoms with Gasteiger partial charge < -0.3 is 20.1 Å². The van der Waals surface area contributed by atoms with Crippen molar-refractivity contribution in [3.05, 3.63) is 119 Å². The van der Waals surface area contributed by atoms with Crippen LogP contribution in [0.2, 0.25) is 5.02 Å². The van der Waals surface area contributed by atoms with Crippen LogP contribution in [0.3, 0.4) is 0 Å². The molecule has 188 valence electrons. The molecular formula is C28H22ClF2N3O3. The number of hydrogen-bond donors (Lipinski definition) is 2. The van der Waals surface area contributed by atoms with Crippen LogP contribution in [0.5, 0.6) is 11.5 Å². The maximum absolute atomic E-state index is 13.8. The Hall–Kier alpha value is -4.17. The van der Waals surface area contributed by atoms with Crippen molar-refractivity contribution in [2.45, 2.75) is 25.2 Å². The number of amides is 2. The molecule has 0 spiro atoms. The molecule has 1 unspecified atom stereocenters. The molecule has 9 heteroatoms. The monoisotopic (exact) mass is 521 g/mol. The fourth-order valence-corrected chi connectivity index (χ4v) is 4.46. The molecule has 1 aliphatic rings. The van der Waals surface area contributed by atoms with Crippen molar-refractivity contribution in [2.24, 2.45) is 0 Å². The lowest BCUT2D eigenvalue weighted by atomic mass is 9.80. The van der Waals surface area contributed by atoms with E-state index in [9.17, 15) is 13.6 Å². The van der Waals surface area contributed by atoms with E-state index in [-0.39, 0.29) is 17.9 Å². The first-order valence-electron chi connectivity index (χ1n) is 11.4. The maximum atomic E-state index is 13.8. The van der Waals surface area contributed by atoms with E-state index < -0.39 is 17.9 Å². The molecule has 2 amide bonds. The summed E-state index contributed by atoms with van der Waals surface area (Å²) < 4.78 is 36.9. The van der Waals surface area contributed by atoms with E-state index in [2.05, 4.69) is 20.4 Å². The second kappa shape index (κ2) is 9.71. The summed E-state index contributed by atoms with van der Waals surface area (Å²) in [5, 5.41) is 6.34. The summed E-state index contributed by atoms with van der Waals surface area (Å²) >= 11 is 6.12. The predicted molar refractivity (Wildman–Crippen MR) is 136 cm³/mol. The van der Waals surface area contributed by atoms with Gasteiger partial charge in [0.1, 0.15) is 5.54 Å². The standard InChI is InChI=1S/C28H22ClF2N3O3/c1-18-6-5-9-22(14-18)33-26(35)34-27(16-19-7-3-2-4-8-19,25-13-11-21(29)17-32-25)20-10-12-23-24(15-20)37-28(30,31)36-23/h2-15,17H,16H2,1H3,(H2,33,34,35). The number of alkyl halides is 2. The number of carbonyl (C=O) groups excluding carboxylic acids is 1. The van der Waals surface area contributed by atoms with Gasteiger partial charge in [0.25, 0.3) is 0 Å². The highest BCUT2D eigenvalue weighted by Gasteiger charge is 2.45. The van der Waals surface area contributed by atoms with Crippen LogP contribution in [-0.2, 0) is 12.0 Å². The molecular weight excluding hydrogens is 500 g/mol. The lowest BCUT2D eigenvalue weighted by Gasteiger charge is -2.35. The third kappa shape index (κ3) is 5.34. The molecule has 3 aromatic carbocycles. The first kappa shape index (κ1) is 24.5. The fourth-order valence-electron chi connectivity index (χ4n) is 4.34. The van der Waals surface area contributed by atoms with Crippen molar-refractivity contribution in [3.8, 4) is 11.5 Å². The number of halogens is 3. The van der Waals surface area contributed by atoms with Gasteiger partial charge in [-0.15, -0.1) is 8.78 Å². The maximum Gasteiger partial charge on any atom is 0.586 e. The first-order chi connectivity index (χ1) is 17.7. The van der Waals surface area contributed by atoms with Crippen molar-refractivity contribution >= 4 is 23.3 Å². The summed E-state index contributed by atoms with van der Waals surface area (Å²) in [5.41, 5.74) is 2.07. The number of benzene rings is 3. The Labute approximate surface area is 217 Å². The van der Waals surface area contributed by atoms with Crippen LogP contribution in [0.4, 0.5) is 19.3 Å². The van der Waals surface area contributed by atoms with Crippen molar-refractivity contribution in [1.29, 1.82) is 0 Å². The van der Waals surface area contributed by atoms with Gasteiger partial charge in [0.2, 0.25) is 0 Å². The highest BCUT2D eigenvalue weighted by atomic mass is 35.5. The number of carbonyl (C=O) groups is 1. The van der Waals surface area contributed by atoms with Gasteiger partial charge in [-0.3, -0.25) is 4.98 Å². The molecule has 1 atom stereocenters. The topological polar surface area (TPSA) is 72.5 Å². The van der Waals surface area contributed by atoms with Gasteiger partial charge in [0.15, 0.2) is 11.5 Å². The molecule has 2 N–H and O–H groups in total. The summed E-state index contributed by atoms with van der Waals surface area (Å²) in [6, 6.07) is 24.1. The van der Waals surface area contributed by atoms with Gasteiger partial charge in [0.05, 0.1) is 10.7 Å². The lowest BCUT2D eigenvalue weighted by Crippen LogP contribution is -2.50. The first-order valence-corrected chi connectivity index (χ1v) is 11.8. The van der Waals surface area contributed by atoms with E-state index in [0.717, 1.165) is 11.1 Å². The molecule has 1 aliphatic heterocycles. The Bertz CT molecular complexity index is 1430. The molecule has 37 heavy (non-hydrogen) atoms. The van der Waals surface area contributed by atoms with E-state index in [1.807, 2.05) is 55.5 Å². The van der Waals surface area contributed by atoms with E-state index >= 15 is 0 Å². The van der Waals surface area contributed by atoms with E-state index in [1.165, 1.54) is 18.3 Å². The highest BCUT2D eigenvalue weighted by molar-refractivity contribution is 6.30. The van der Waals surface area contributed by atoms with E-state index in [0.29, 0.717) is 22.0 Å². The summed E-state index contributed by atoms with van der Waals surface area (Å²) in [4.78, 5) is 18.0. The Balaban J connectivity index is 1.63. The second-order valence-corrected chi connectivity index (χ2v) is 9.14. The minimum Gasteiger partial charge on any atom is -0.395 e. The van der Waals surface area contributed by atoms with Crippen molar-refractivity contribution < 1.29 is 23.0 Å². The smallest absolute Gasteiger partial charge is 0.395 e. The number of nitrogens with zero attached hydrogens (tertiary/aromatic N) is 1. The SMILES string of the molecule is Cc1cccc(NC(=O)NC(Cc2ccccc2)(c2ccc3c(c2)OC(F)(F)O3)c2ccc(Cl)cn2)c1. The Kier molecular flexibility index (Phi) is 6.43. The number of aryl methyl sites for hydroxylation is 1. The van der Waals surface area contributed by atoms with Crippen LogP contribution in [0, 0.1) is 6.92 Å². The minimum absolute atomic E-state index is 0.101. The summed E-state index contributed by atoms with van der Waals surface area (Å²) in [6.07, 6.45) is -2.06. The van der Waals surface area contributed by atoms with E-state index in [1.54, 1.807) is 24.3 Å². The Morgan fingerprint density at radius 2 is 1.76 bits per heavy atom. The van der Waals surface area contributed by atoms with Crippen LogP contribution < -0.4 is 20.1 Å². The van der Waals surface area contributed by atoms with Crippen molar-refractivity contribution in [3.63, 3.8) is 0 Å². The number of anilines is 1. The van der Waals surface area contributed by atoms with Crippen molar-refractivity contribution in [2.75, 3.05) is 5.32 Å². The van der Waals surface area contributed by atoms with Crippen molar-refractivity contribution in [1.82, 2.24) is 10.3 Å². The minimum atomic E-state index is -3.78. The molecule has 2 heterocycles. The average molecular weight is 522 g/mol. The van der Waals surface area contributed by atoms with Gasteiger partial charge in [-0.25, -0.2) is 4.79 Å². The molecule has 6 nitrogen and oxygen atoms in total. The lowest BCUT2D eigenvalue weighted by molar-refractivity contribution is -0.286. The zero-order valence-electron chi connectivity index (χ0n) is 19.7. The number of pyridine rings is 1. The predicted octanol–water partition coefficient (Wildman–Crippen LogP) is 6.67. The van der Waals surface area contributed by atoms with Gasteiger partial charge in [-0.05, 0) is 60.0 Å². The molecule has 0 bridgehead atoms. The van der Waals surface area contributed by atoms with Gasteiger partial charge >= 0.3 is 12.3 Å². The third-order valence-electron chi connectivity index (χ3n) is 5.97. The number of ether oxygens (including phenoxy) is 2. The molecule has 0 aliphatic carbocycles. The Morgan fingerprint density at radius 1 is 0.973 bits per heavy atom. The van der Waals surface area contributed by atoms with Crippen LogP contribution in [-0.4, -0.2) is 17.3 Å². The zero-order chi connectivity index (χ0) is 26.0. The quantitative estimate of drug-likeness (QED) is 0.297. The summed E-state index contributed by atoms with van der Waals surface area (Å²) in [6.45, 7) is 1.92. The molecule has 5 rings (SSSR count). The summed E-state index contributed by atoms with van der Waals surface area (Å²) in [5.74, 6) is -0.245. The summed E-state index contributed by atoms with van der Waals surface area (Å²) in [7, 11) is 0. The third-order valence-corrected chi connectivity index (χ3v) is 6.20. The number of urea groups is 1. The molecule has 4 aromatic rings. The number of aromatic nitrogens is 1. The number of hydrogen-bond acceptors (Lipinski definition) is 4. The zero-order valence-corrected chi connectivity index (χ0v) is 20.4. The van der Waals surface area contributed by atoms with Gasteiger partial charge in [-0.2, -0.15) is 0 Å². The number of nitrogens with one attached hydrogen (secondary N) is 2. The molecule has 0 radical (unpaired) electrons. The van der Waals surface area contributed by atoms with Crippen LogP contribution in [0.1, 0.15) is 22.4 Å². The number of rotatable bonds is 6. The fraction of sp³-hybridized carbons (Fsp3) is 0.143. The van der Waals surface area contributed by atoms with Crippen LogP contribution in [0.25, 0.3) is 0 Å². The van der Waals surface area contributed by atoms with E-state index in [4.69, 9.17) is 16.3 Å². The van der Waals surface area contributed by atoms with Crippen LogP contribution >= 0.6 is 11.6 Å². The highest BCUT2D eigenvalue weighted by Crippen LogP contribution is 2.44. The normalized spacial score (nSPS) is 15.0.